The van der Waals surface area contributed by atoms with E-state index in [2.05, 4.69) is 17.1 Å². The van der Waals surface area contributed by atoms with Crippen LogP contribution in [0, 0.1) is 17.8 Å². The van der Waals surface area contributed by atoms with Gasteiger partial charge in [-0.2, -0.15) is 11.8 Å². The van der Waals surface area contributed by atoms with Gasteiger partial charge in [-0.05, 0) is 56.3 Å². The Morgan fingerprint density at radius 3 is 2.28 bits per heavy atom. The molecule has 4 aliphatic carbocycles. The number of thioether (sulfide) groups is 1. The van der Waals surface area contributed by atoms with Gasteiger partial charge >= 0.3 is 0 Å². The minimum absolute atomic E-state index is 0.304. The molecule has 102 valence electrons. The maximum Gasteiger partial charge on any atom is 0.0691 e. The van der Waals surface area contributed by atoms with Crippen LogP contribution in [0.25, 0.3) is 0 Å². The second-order valence-electron chi connectivity index (χ2n) is 7.14. The molecule has 1 N–H and O–H groups in total. The molecule has 4 bridgehead atoms. The summed E-state index contributed by atoms with van der Waals surface area (Å²) in [6, 6.07) is 0.608. The molecule has 1 saturated heterocycles. The maximum absolute atomic E-state index is 6.51. The quantitative estimate of drug-likeness (QED) is 0.849. The molecule has 0 spiro atoms. The van der Waals surface area contributed by atoms with E-state index in [0.717, 1.165) is 24.4 Å². The number of nitrogens with one attached hydrogen (secondary N) is 1. The lowest BCUT2D eigenvalue weighted by Crippen LogP contribution is -2.53. The van der Waals surface area contributed by atoms with E-state index >= 15 is 0 Å². The summed E-state index contributed by atoms with van der Waals surface area (Å²) >= 11 is 2.08. The fraction of sp³-hybridized carbons (Fsp3) is 1.00. The van der Waals surface area contributed by atoms with Crippen molar-refractivity contribution in [3.63, 3.8) is 0 Å². The fourth-order valence-electron chi connectivity index (χ4n) is 5.21. The van der Waals surface area contributed by atoms with E-state index in [1.54, 1.807) is 0 Å². The van der Waals surface area contributed by atoms with E-state index in [1.807, 2.05) is 0 Å². The molecule has 0 aromatic heterocycles. The number of hydrogen-bond donors (Lipinski definition) is 1. The van der Waals surface area contributed by atoms with Crippen LogP contribution in [-0.2, 0) is 4.74 Å². The zero-order valence-electron chi connectivity index (χ0n) is 11.2. The van der Waals surface area contributed by atoms with Crippen molar-refractivity contribution in [2.24, 2.45) is 17.8 Å². The van der Waals surface area contributed by atoms with E-state index in [1.165, 1.54) is 56.6 Å². The summed E-state index contributed by atoms with van der Waals surface area (Å²) in [6.07, 6.45) is 8.66. The van der Waals surface area contributed by atoms with Crippen LogP contribution in [0.3, 0.4) is 0 Å². The number of ether oxygens (including phenoxy) is 1. The summed E-state index contributed by atoms with van der Waals surface area (Å²) in [5.74, 6) is 5.53. The van der Waals surface area contributed by atoms with Crippen molar-refractivity contribution in [3.05, 3.63) is 0 Å². The van der Waals surface area contributed by atoms with Crippen molar-refractivity contribution in [2.75, 3.05) is 24.7 Å². The van der Waals surface area contributed by atoms with Crippen molar-refractivity contribution in [1.29, 1.82) is 0 Å². The summed E-state index contributed by atoms with van der Waals surface area (Å²) in [5, 5.41) is 3.61. The van der Waals surface area contributed by atoms with Gasteiger partial charge in [0.25, 0.3) is 0 Å². The predicted octanol–water partition coefficient (Wildman–Crippen LogP) is 2.68. The Labute approximate surface area is 115 Å². The van der Waals surface area contributed by atoms with Gasteiger partial charge in [0.1, 0.15) is 0 Å². The molecule has 1 unspecified atom stereocenters. The molecule has 5 fully saturated rings. The highest BCUT2D eigenvalue weighted by atomic mass is 32.2. The zero-order chi connectivity index (χ0) is 12.0. The van der Waals surface area contributed by atoms with Crippen LogP contribution in [0.2, 0.25) is 0 Å². The van der Waals surface area contributed by atoms with Gasteiger partial charge < -0.3 is 10.1 Å². The van der Waals surface area contributed by atoms with Crippen molar-refractivity contribution in [1.82, 2.24) is 5.32 Å². The van der Waals surface area contributed by atoms with E-state index in [4.69, 9.17) is 4.74 Å². The summed E-state index contributed by atoms with van der Waals surface area (Å²) in [6.45, 7) is 2.12. The molecular formula is C15H25NOS. The minimum atomic E-state index is 0.304. The van der Waals surface area contributed by atoms with E-state index < -0.39 is 0 Å². The maximum atomic E-state index is 6.51. The van der Waals surface area contributed by atoms with Gasteiger partial charge in [-0.25, -0.2) is 0 Å². The van der Waals surface area contributed by atoms with Crippen LogP contribution in [-0.4, -0.2) is 36.3 Å². The summed E-state index contributed by atoms with van der Waals surface area (Å²) in [7, 11) is 0. The lowest BCUT2D eigenvalue weighted by molar-refractivity contribution is -0.164. The highest BCUT2D eigenvalue weighted by molar-refractivity contribution is 7.99. The summed E-state index contributed by atoms with van der Waals surface area (Å²) in [5.41, 5.74) is 0.304. The van der Waals surface area contributed by atoms with E-state index in [0.29, 0.717) is 11.6 Å². The molecule has 1 heterocycles. The van der Waals surface area contributed by atoms with E-state index in [-0.39, 0.29) is 0 Å². The van der Waals surface area contributed by atoms with Crippen molar-refractivity contribution in [2.45, 2.75) is 50.2 Å². The van der Waals surface area contributed by atoms with Gasteiger partial charge in [0.2, 0.25) is 0 Å². The first-order chi connectivity index (χ1) is 8.81. The van der Waals surface area contributed by atoms with Gasteiger partial charge in [-0.3, -0.25) is 0 Å². The molecule has 18 heavy (non-hydrogen) atoms. The van der Waals surface area contributed by atoms with E-state index in [9.17, 15) is 0 Å². The lowest BCUT2D eigenvalue weighted by atomic mass is 9.54. The monoisotopic (exact) mass is 267 g/mol. The van der Waals surface area contributed by atoms with Gasteiger partial charge in [0, 0.05) is 24.1 Å². The Hall–Kier alpha value is 0.270. The molecule has 5 rings (SSSR count). The van der Waals surface area contributed by atoms with Gasteiger partial charge in [0.15, 0.2) is 0 Å². The Morgan fingerprint density at radius 1 is 1.06 bits per heavy atom. The van der Waals surface area contributed by atoms with Crippen LogP contribution in [0.4, 0.5) is 0 Å². The molecule has 0 aromatic carbocycles. The Kier molecular flexibility index (Phi) is 3.13. The molecular weight excluding hydrogens is 242 g/mol. The molecule has 1 aliphatic heterocycles. The molecule has 0 radical (unpaired) electrons. The minimum Gasteiger partial charge on any atom is -0.373 e. The predicted molar refractivity (Wildman–Crippen MR) is 76.0 cm³/mol. The van der Waals surface area contributed by atoms with Crippen LogP contribution in [0.5, 0.6) is 0 Å². The summed E-state index contributed by atoms with van der Waals surface area (Å²) in [4.78, 5) is 0. The molecule has 5 aliphatic rings. The average Bonchev–Trinajstić information content (AvgIpc) is 2.36. The second kappa shape index (κ2) is 4.68. The third kappa shape index (κ3) is 2.23. The molecule has 0 amide bonds. The van der Waals surface area contributed by atoms with Crippen LogP contribution >= 0.6 is 11.8 Å². The molecule has 4 saturated carbocycles. The first-order valence-corrected chi connectivity index (χ1v) is 8.92. The smallest absolute Gasteiger partial charge is 0.0691 e. The summed E-state index contributed by atoms with van der Waals surface area (Å²) < 4.78 is 6.51. The van der Waals surface area contributed by atoms with Crippen molar-refractivity contribution in [3.8, 4) is 0 Å². The van der Waals surface area contributed by atoms with Crippen LogP contribution in [0.1, 0.15) is 38.5 Å². The third-order valence-corrected chi connectivity index (χ3v) is 6.70. The van der Waals surface area contributed by atoms with Crippen LogP contribution < -0.4 is 5.32 Å². The van der Waals surface area contributed by atoms with Gasteiger partial charge in [0.05, 0.1) is 12.2 Å². The first-order valence-electron chi connectivity index (χ1n) is 7.76. The molecule has 0 aromatic rings. The van der Waals surface area contributed by atoms with Gasteiger partial charge in [-0.1, -0.05) is 0 Å². The molecule has 3 heteroatoms. The Balaban J connectivity index is 1.38. The average molecular weight is 267 g/mol. The zero-order valence-corrected chi connectivity index (χ0v) is 12.0. The number of rotatable bonds is 3. The SMILES string of the molecule is C1CSCC(COC23CC4CC(CC(C4)C2)C3)N1. The second-order valence-corrected chi connectivity index (χ2v) is 8.29. The highest BCUT2D eigenvalue weighted by Gasteiger charge is 2.51. The molecule has 1 atom stereocenters. The Morgan fingerprint density at radius 2 is 1.72 bits per heavy atom. The normalized spacial score (nSPS) is 50.7. The fourth-order valence-corrected chi connectivity index (χ4v) is 6.14. The van der Waals surface area contributed by atoms with Crippen molar-refractivity contribution < 1.29 is 4.74 Å². The number of hydrogen-bond acceptors (Lipinski definition) is 3. The Bertz CT molecular complexity index is 278. The lowest BCUT2D eigenvalue weighted by Gasteiger charge is -2.56. The highest BCUT2D eigenvalue weighted by Crippen LogP contribution is 2.57. The topological polar surface area (TPSA) is 21.3 Å². The molecule has 2 nitrogen and oxygen atoms in total. The van der Waals surface area contributed by atoms with Crippen molar-refractivity contribution >= 4 is 11.8 Å². The third-order valence-electron chi connectivity index (χ3n) is 5.57. The standard InChI is InChI=1S/C15H25NOS/c1-2-18-10-14(16-1)9-17-15-6-11-3-12(7-15)5-13(4-11)8-15/h11-14,16H,1-10H2. The van der Waals surface area contributed by atoms with Gasteiger partial charge in [-0.15, -0.1) is 0 Å². The first kappa shape index (κ1) is 12.0. The largest absolute Gasteiger partial charge is 0.373 e. The van der Waals surface area contributed by atoms with Crippen LogP contribution in [0.15, 0.2) is 0 Å².